The van der Waals surface area contributed by atoms with E-state index in [4.69, 9.17) is 21.8 Å². The smallest absolute Gasteiger partial charge is 0.156 e. The van der Waals surface area contributed by atoms with Crippen LogP contribution >= 0.6 is 11.6 Å². The van der Waals surface area contributed by atoms with E-state index in [0.717, 1.165) is 0 Å². The lowest BCUT2D eigenvalue weighted by molar-refractivity contribution is -0.153. The molecule has 2 N–H and O–H groups in total. The summed E-state index contributed by atoms with van der Waals surface area (Å²) in [7, 11) is 0. The molecule has 0 aromatic carbocycles. The van der Waals surface area contributed by atoms with Crippen molar-refractivity contribution in [1.82, 2.24) is 0 Å². The lowest BCUT2D eigenvalue weighted by atomic mass is 10.1. The summed E-state index contributed by atoms with van der Waals surface area (Å²) in [6.07, 6.45) is -1.12. The highest BCUT2D eigenvalue weighted by atomic mass is 35.5. The fourth-order valence-corrected chi connectivity index (χ4v) is 0.957. The number of alkyl halides is 1. The minimum atomic E-state index is -0.795. The van der Waals surface area contributed by atoms with E-state index in [-0.39, 0.29) is 12.0 Å². The normalized spacial score (nSPS) is 45.0. The molecule has 0 saturated carbocycles. The molecule has 1 rings (SSSR count). The number of hydrogen-bond acceptors (Lipinski definition) is 3. The first-order valence-electron chi connectivity index (χ1n) is 2.82. The third-order valence-corrected chi connectivity index (χ3v) is 1.77. The predicted octanol–water partition coefficient (Wildman–Crippen LogP) is -0.307. The molecular weight excluding hydrogens is 144 g/mol. The van der Waals surface area contributed by atoms with Gasteiger partial charge in [0.15, 0.2) is 6.29 Å². The molecule has 0 radical (unpaired) electrons. The van der Waals surface area contributed by atoms with Gasteiger partial charge in [-0.3, -0.25) is 0 Å². The highest BCUT2D eigenvalue weighted by molar-refractivity contribution is 6.21. The topological polar surface area (TPSA) is 49.7 Å². The summed E-state index contributed by atoms with van der Waals surface area (Å²) in [6.45, 7) is 0.134. The van der Waals surface area contributed by atoms with E-state index in [9.17, 15) is 0 Å². The Labute approximate surface area is 58.2 Å². The fourth-order valence-electron chi connectivity index (χ4n) is 0.732. The Morgan fingerprint density at radius 2 is 2.11 bits per heavy atom. The van der Waals surface area contributed by atoms with Crippen molar-refractivity contribution in [3.63, 3.8) is 0 Å². The molecule has 54 valence electrons. The zero-order valence-corrected chi connectivity index (χ0v) is 5.58. The van der Waals surface area contributed by atoms with E-state index < -0.39 is 12.4 Å². The molecule has 9 heavy (non-hydrogen) atoms. The summed E-state index contributed by atoms with van der Waals surface area (Å²) in [5.41, 5.74) is 0. The summed E-state index contributed by atoms with van der Waals surface area (Å²) < 4.78 is 4.68. The maximum atomic E-state index is 8.93. The summed E-state index contributed by atoms with van der Waals surface area (Å²) in [4.78, 5) is 0. The second kappa shape index (κ2) is 2.84. The lowest BCUT2D eigenvalue weighted by Gasteiger charge is -2.26. The maximum Gasteiger partial charge on any atom is 0.156 e. The molecule has 0 bridgehead atoms. The zero-order chi connectivity index (χ0) is 6.85. The van der Waals surface area contributed by atoms with Crippen molar-refractivity contribution in [2.24, 2.45) is 0 Å². The molecule has 4 heteroatoms. The zero-order valence-electron chi connectivity index (χ0n) is 4.83. The monoisotopic (exact) mass is 152 g/mol. The Morgan fingerprint density at radius 3 is 2.56 bits per heavy atom. The van der Waals surface area contributed by atoms with Gasteiger partial charge in [-0.2, -0.15) is 0 Å². The number of halogens is 1. The quantitative estimate of drug-likeness (QED) is 0.469. The SMILES string of the molecule is O[C@@H]1CO[C@@H](O)C[C@H]1Cl. The average Bonchev–Trinajstić information content (AvgIpc) is 1.80. The van der Waals surface area contributed by atoms with Crippen LogP contribution in [0.5, 0.6) is 0 Å². The van der Waals surface area contributed by atoms with E-state index in [2.05, 4.69) is 4.74 Å². The van der Waals surface area contributed by atoms with E-state index in [1.165, 1.54) is 0 Å². The Bertz CT molecular complexity index is 98.2. The second-order valence-corrected chi connectivity index (χ2v) is 2.67. The highest BCUT2D eigenvalue weighted by Crippen LogP contribution is 2.17. The molecule has 0 unspecified atom stereocenters. The van der Waals surface area contributed by atoms with Crippen LogP contribution < -0.4 is 0 Å². The van der Waals surface area contributed by atoms with Gasteiger partial charge in [0.05, 0.1) is 18.1 Å². The van der Waals surface area contributed by atoms with Crippen LogP contribution in [-0.2, 0) is 4.74 Å². The van der Waals surface area contributed by atoms with Crippen molar-refractivity contribution in [3.8, 4) is 0 Å². The number of aliphatic hydroxyl groups excluding tert-OH is 2. The van der Waals surface area contributed by atoms with Crippen molar-refractivity contribution in [3.05, 3.63) is 0 Å². The molecule has 1 saturated heterocycles. The Kier molecular flexibility index (Phi) is 2.29. The van der Waals surface area contributed by atoms with Crippen molar-refractivity contribution >= 4 is 11.6 Å². The van der Waals surface area contributed by atoms with Crippen LogP contribution in [0.4, 0.5) is 0 Å². The van der Waals surface area contributed by atoms with Gasteiger partial charge in [-0.05, 0) is 0 Å². The summed E-state index contributed by atoms with van der Waals surface area (Å²) >= 11 is 5.57. The summed E-state index contributed by atoms with van der Waals surface area (Å²) in [5.74, 6) is 0. The van der Waals surface area contributed by atoms with Gasteiger partial charge < -0.3 is 14.9 Å². The van der Waals surface area contributed by atoms with E-state index in [0.29, 0.717) is 6.42 Å². The van der Waals surface area contributed by atoms with Crippen LogP contribution in [0.1, 0.15) is 6.42 Å². The second-order valence-electron chi connectivity index (χ2n) is 2.11. The summed E-state index contributed by atoms with van der Waals surface area (Å²) in [5, 5.41) is 17.3. The fraction of sp³-hybridized carbons (Fsp3) is 1.00. The number of rotatable bonds is 0. The molecule has 1 aliphatic rings. The van der Waals surface area contributed by atoms with Gasteiger partial charge >= 0.3 is 0 Å². The minimum absolute atomic E-state index is 0.134. The Hall–Kier alpha value is 0.170. The first kappa shape index (κ1) is 7.28. The molecule has 0 aromatic rings. The van der Waals surface area contributed by atoms with E-state index in [1.807, 2.05) is 0 Å². The number of hydrogen-bond donors (Lipinski definition) is 2. The average molecular weight is 153 g/mol. The molecule has 0 aromatic heterocycles. The molecule has 1 aliphatic heterocycles. The van der Waals surface area contributed by atoms with Gasteiger partial charge in [0.1, 0.15) is 0 Å². The minimum Gasteiger partial charge on any atom is -0.389 e. The van der Waals surface area contributed by atoms with Crippen LogP contribution in [0.15, 0.2) is 0 Å². The molecule has 3 atom stereocenters. The summed E-state index contributed by atoms with van der Waals surface area (Å²) in [6, 6.07) is 0. The van der Waals surface area contributed by atoms with Gasteiger partial charge in [0.2, 0.25) is 0 Å². The third kappa shape index (κ3) is 1.79. The predicted molar refractivity (Wildman–Crippen MR) is 32.2 cm³/mol. The Balaban J connectivity index is 2.35. The van der Waals surface area contributed by atoms with Crippen LogP contribution in [0.3, 0.4) is 0 Å². The first-order valence-corrected chi connectivity index (χ1v) is 3.25. The molecule has 0 aliphatic carbocycles. The van der Waals surface area contributed by atoms with E-state index >= 15 is 0 Å². The largest absolute Gasteiger partial charge is 0.389 e. The molecule has 1 heterocycles. The standard InChI is InChI=1S/C5H9ClO3/c6-3-1-5(8)9-2-4(3)7/h3-5,7-8H,1-2H2/t3-,4-,5-/m1/s1. The van der Waals surface area contributed by atoms with Crippen molar-refractivity contribution in [2.75, 3.05) is 6.61 Å². The molecular formula is C5H9ClO3. The van der Waals surface area contributed by atoms with Crippen molar-refractivity contribution in [1.29, 1.82) is 0 Å². The van der Waals surface area contributed by atoms with Gasteiger partial charge in [0, 0.05) is 6.42 Å². The number of ether oxygens (including phenoxy) is 1. The number of aliphatic hydroxyl groups is 2. The molecule has 0 amide bonds. The van der Waals surface area contributed by atoms with Gasteiger partial charge in [0.25, 0.3) is 0 Å². The van der Waals surface area contributed by atoms with Crippen LogP contribution in [0, 0.1) is 0 Å². The van der Waals surface area contributed by atoms with Crippen molar-refractivity contribution in [2.45, 2.75) is 24.2 Å². The van der Waals surface area contributed by atoms with Gasteiger partial charge in [-0.15, -0.1) is 11.6 Å². The third-order valence-electron chi connectivity index (χ3n) is 1.30. The van der Waals surface area contributed by atoms with Gasteiger partial charge in [-0.1, -0.05) is 0 Å². The lowest BCUT2D eigenvalue weighted by Crippen LogP contribution is -2.37. The van der Waals surface area contributed by atoms with Crippen LogP contribution in [0.25, 0.3) is 0 Å². The van der Waals surface area contributed by atoms with Crippen LogP contribution in [0.2, 0.25) is 0 Å². The van der Waals surface area contributed by atoms with Crippen molar-refractivity contribution < 1.29 is 14.9 Å². The Morgan fingerprint density at radius 1 is 1.44 bits per heavy atom. The molecule has 0 spiro atoms. The highest BCUT2D eigenvalue weighted by Gasteiger charge is 2.26. The van der Waals surface area contributed by atoms with Crippen LogP contribution in [-0.4, -0.2) is 34.6 Å². The maximum absolute atomic E-state index is 8.93. The van der Waals surface area contributed by atoms with Gasteiger partial charge in [-0.25, -0.2) is 0 Å². The molecule has 1 fully saturated rings. The van der Waals surface area contributed by atoms with E-state index in [1.54, 1.807) is 0 Å². The first-order chi connectivity index (χ1) is 4.20. The molecule has 3 nitrogen and oxygen atoms in total.